The van der Waals surface area contributed by atoms with Crippen LogP contribution in [0.15, 0.2) is 0 Å². The van der Waals surface area contributed by atoms with Crippen molar-refractivity contribution >= 4 is 18.2 Å². The summed E-state index contributed by atoms with van der Waals surface area (Å²) in [6.07, 6.45) is 11.9. The van der Waals surface area contributed by atoms with E-state index in [1.807, 2.05) is 0 Å². The highest BCUT2D eigenvalue weighted by Crippen LogP contribution is 2.11. The van der Waals surface area contributed by atoms with Crippen molar-refractivity contribution in [1.29, 1.82) is 0 Å². The number of rotatable bonds is 8. The normalized spacial score (nSPS) is 21.0. The third-order valence-corrected chi connectivity index (χ3v) is 4.76. The Morgan fingerprint density at radius 3 is 1.43 bits per heavy atom. The van der Waals surface area contributed by atoms with Crippen LogP contribution >= 0.6 is 12.4 Å². The fourth-order valence-electron chi connectivity index (χ4n) is 3.49. The molecule has 0 aliphatic carbocycles. The van der Waals surface area contributed by atoms with Crippen molar-refractivity contribution in [1.82, 2.24) is 9.80 Å². The van der Waals surface area contributed by atoms with Crippen LogP contribution in [-0.4, -0.2) is 54.9 Å². The van der Waals surface area contributed by atoms with E-state index in [0.717, 1.165) is 38.8 Å². The standard InChI is InChI=1S/C17H32N2O.ClH/c20-17(9-7-15-18-11-3-1-4-12-18)10-8-16-19-13-5-2-6-14-19;/h1-16H2;1H. The molecule has 0 atom stereocenters. The summed E-state index contributed by atoms with van der Waals surface area (Å²) in [4.78, 5) is 17.0. The van der Waals surface area contributed by atoms with Gasteiger partial charge in [-0.05, 0) is 77.8 Å². The molecule has 0 bridgehead atoms. The van der Waals surface area contributed by atoms with Gasteiger partial charge in [-0.2, -0.15) is 0 Å². The number of hydrogen-bond donors (Lipinski definition) is 0. The first-order valence-electron chi connectivity index (χ1n) is 8.81. The number of hydrogen-bond acceptors (Lipinski definition) is 3. The van der Waals surface area contributed by atoms with Crippen molar-refractivity contribution < 1.29 is 4.79 Å². The monoisotopic (exact) mass is 316 g/mol. The Labute approximate surface area is 136 Å². The lowest BCUT2D eigenvalue weighted by molar-refractivity contribution is -0.119. The van der Waals surface area contributed by atoms with Crippen molar-refractivity contribution in [3.8, 4) is 0 Å². The van der Waals surface area contributed by atoms with E-state index in [0.29, 0.717) is 5.78 Å². The lowest BCUT2D eigenvalue weighted by Crippen LogP contribution is -2.31. The number of likely N-dealkylation sites (tertiary alicyclic amines) is 2. The summed E-state index contributed by atoms with van der Waals surface area (Å²) in [5, 5.41) is 0. The van der Waals surface area contributed by atoms with Gasteiger partial charge in [0, 0.05) is 12.8 Å². The highest BCUT2D eigenvalue weighted by molar-refractivity contribution is 5.85. The molecule has 0 N–H and O–H groups in total. The molecule has 2 heterocycles. The lowest BCUT2D eigenvalue weighted by atomic mass is 10.1. The van der Waals surface area contributed by atoms with Crippen LogP contribution in [0.5, 0.6) is 0 Å². The molecule has 21 heavy (non-hydrogen) atoms. The number of carbonyl (C=O) groups excluding carboxylic acids is 1. The van der Waals surface area contributed by atoms with Gasteiger partial charge in [-0.25, -0.2) is 0 Å². The first kappa shape index (κ1) is 18.9. The van der Waals surface area contributed by atoms with E-state index in [-0.39, 0.29) is 12.4 Å². The van der Waals surface area contributed by atoms with Crippen molar-refractivity contribution in [2.75, 3.05) is 39.3 Å². The number of carbonyl (C=O) groups is 1. The van der Waals surface area contributed by atoms with Crippen LogP contribution in [0.1, 0.15) is 64.2 Å². The fraction of sp³-hybridized carbons (Fsp3) is 0.941. The summed E-state index contributed by atoms with van der Waals surface area (Å²) >= 11 is 0. The van der Waals surface area contributed by atoms with Crippen LogP contribution in [0.3, 0.4) is 0 Å². The van der Waals surface area contributed by atoms with Crippen LogP contribution in [0, 0.1) is 0 Å². The fourth-order valence-corrected chi connectivity index (χ4v) is 3.49. The molecule has 0 amide bonds. The van der Waals surface area contributed by atoms with Gasteiger partial charge in [-0.3, -0.25) is 4.79 Å². The third kappa shape index (κ3) is 8.18. The second kappa shape index (κ2) is 11.4. The lowest BCUT2D eigenvalue weighted by Gasteiger charge is -2.26. The zero-order valence-electron chi connectivity index (χ0n) is 13.5. The average molecular weight is 317 g/mol. The maximum Gasteiger partial charge on any atom is 0.133 e. The highest BCUT2D eigenvalue weighted by atomic mass is 35.5. The predicted molar refractivity (Wildman–Crippen MR) is 91.3 cm³/mol. The molecule has 0 aromatic carbocycles. The number of halogens is 1. The highest BCUT2D eigenvalue weighted by Gasteiger charge is 2.12. The molecular weight excluding hydrogens is 284 g/mol. The minimum atomic E-state index is 0. The van der Waals surface area contributed by atoms with Gasteiger partial charge in [0.2, 0.25) is 0 Å². The van der Waals surface area contributed by atoms with Crippen LogP contribution in [-0.2, 0) is 4.79 Å². The second-order valence-electron chi connectivity index (χ2n) is 6.55. The minimum Gasteiger partial charge on any atom is -0.303 e. The Balaban J connectivity index is 0.00000220. The smallest absolute Gasteiger partial charge is 0.133 e. The molecule has 0 aromatic heterocycles. The summed E-state index contributed by atoms with van der Waals surface area (Å²) in [7, 11) is 0. The van der Waals surface area contributed by atoms with Gasteiger partial charge in [0.15, 0.2) is 0 Å². The van der Waals surface area contributed by atoms with Gasteiger partial charge in [0.1, 0.15) is 5.78 Å². The predicted octanol–water partition coefficient (Wildman–Crippen LogP) is 3.51. The summed E-state index contributed by atoms with van der Waals surface area (Å²) in [6, 6.07) is 0. The molecule has 4 heteroatoms. The largest absolute Gasteiger partial charge is 0.303 e. The third-order valence-electron chi connectivity index (χ3n) is 4.76. The van der Waals surface area contributed by atoms with Gasteiger partial charge in [0.05, 0.1) is 0 Å². The molecule has 2 aliphatic rings. The molecule has 2 rings (SSSR count). The molecule has 124 valence electrons. The van der Waals surface area contributed by atoms with E-state index in [2.05, 4.69) is 9.80 Å². The van der Waals surface area contributed by atoms with Crippen molar-refractivity contribution in [3.63, 3.8) is 0 Å². The molecule has 0 saturated carbocycles. The summed E-state index contributed by atoms with van der Waals surface area (Å²) < 4.78 is 0. The van der Waals surface area contributed by atoms with Crippen molar-refractivity contribution in [3.05, 3.63) is 0 Å². The molecule has 2 aliphatic heterocycles. The molecule has 0 unspecified atom stereocenters. The van der Waals surface area contributed by atoms with E-state index in [4.69, 9.17) is 0 Å². The van der Waals surface area contributed by atoms with E-state index >= 15 is 0 Å². The molecule has 2 fully saturated rings. The number of nitrogens with zero attached hydrogens (tertiary/aromatic N) is 2. The molecule has 2 saturated heterocycles. The van der Waals surface area contributed by atoms with E-state index in [9.17, 15) is 4.79 Å². The number of piperidine rings is 2. The Kier molecular flexibility index (Phi) is 10.3. The Morgan fingerprint density at radius 1 is 0.667 bits per heavy atom. The number of Topliss-reactive ketones (excluding diaryl/α,β-unsaturated/α-hetero) is 1. The second-order valence-corrected chi connectivity index (χ2v) is 6.55. The Hall–Kier alpha value is -0.120. The van der Waals surface area contributed by atoms with Crippen LogP contribution in [0.2, 0.25) is 0 Å². The molecule has 0 radical (unpaired) electrons. The van der Waals surface area contributed by atoms with Gasteiger partial charge < -0.3 is 9.80 Å². The van der Waals surface area contributed by atoms with Gasteiger partial charge >= 0.3 is 0 Å². The van der Waals surface area contributed by atoms with Gasteiger partial charge in [-0.15, -0.1) is 12.4 Å². The van der Waals surface area contributed by atoms with Crippen molar-refractivity contribution in [2.24, 2.45) is 0 Å². The average Bonchev–Trinajstić information content (AvgIpc) is 2.49. The maximum absolute atomic E-state index is 11.9. The Bertz CT molecular complexity index is 248. The SMILES string of the molecule is Cl.O=C(CCCN1CCCCC1)CCCN1CCCCC1. The van der Waals surface area contributed by atoms with Crippen molar-refractivity contribution in [2.45, 2.75) is 64.2 Å². The Morgan fingerprint density at radius 2 is 1.05 bits per heavy atom. The number of ketones is 1. The van der Waals surface area contributed by atoms with Crippen LogP contribution < -0.4 is 0 Å². The summed E-state index contributed by atoms with van der Waals surface area (Å²) in [6.45, 7) is 7.29. The van der Waals surface area contributed by atoms with Gasteiger partial charge in [0.25, 0.3) is 0 Å². The first-order valence-corrected chi connectivity index (χ1v) is 8.81. The van der Waals surface area contributed by atoms with E-state index in [1.165, 1.54) is 64.7 Å². The maximum atomic E-state index is 11.9. The minimum absolute atomic E-state index is 0. The molecular formula is C17H33ClN2O. The molecule has 0 spiro atoms. The van der Waals surface area contributed by atoms with Crippen LogP contribution in [0.4, 0.5) is 0 Å². The van der Waals surface area contributed by atoms with E-state index < -0.39 is 0 Å². The molecule has 0 aromatic rings. The summed E-state index contributed by atoms with van der Waals surface area (Å²) in [5.41, 5.74) is 0. The summed E-state index contributed by atoms with van der Waals surface area (Å²) in [5.74, 6) is 0.485. The molecule has 3 nitrogen and oxygen atoms in total. The van der Waals surface area contributed by atoms with Crippen LogP contribution in [0.25, 0.3) is 0 Å². The zero-order chi connectivity index (χ0) is 14.0. The first-order chi connectivity index (χ1) is 9.84. The van der Waals surface area contributed by atoms with Gasteiger partial charge in [-0.1, -0.05) is 12.8 Å². The topological polar surface area (TPSA) is 23.6 Å². The quantitative estimate of drug-likeness (QED) is 0.684. The van der Waals surface area contributed by atoms with E-state index in [1.54, 1.807) is 0 Å². The zero-order valence-corrected chi connectivity index (χ0v) is 14.3.